The molecule has 134 valence electrons. The Morgan fingerprint density at radius 2 is 2.04 bits per heavy atom. The predicted octanol–water partition coefficient (Wildman–Crippen LogP) is 3.06. The Balaban J connectivity index is 1.56. The molecule has 1 unspecified atom stereocenters. The number of hydrogen-bond donors (Lipinski definition) is 1. The molecular formula is C19H27N5O. The van der Waals surface area contributed by atoms with Crippen molar-refractivity contribution in [2.24, 2.45) is 7.05 Å². The predicted molar refractivity (Wildman–Crippen MR) is 95.6 cm³/mol. The van der Waals surface area contributed by atoms with Crippen molar-refractivity contribution in [3.8, 4) is 0 Å². The highest BCUT2D eigenvalue weighted by Gasteiger charge is 2.31. The lowest BCUT2D eigenvalue weighted by atomic mass is 9.92. The first-order chi connectivity index (χ1) is 11.8. The van der Waals surface area contributed by atoms with Gasteiger partial charge in [0.1, 0.15) is 5.69 Å². The third-order valence-electron chi connectivity index (χ3n) is 5.25. The molecule has 0 aliphatic heterocycles. The zero-order valence-electron chi connectivity index (χ0n) is 15.5. The van der Waals surface area contributed by atoms with Crippen molar-refractivity contribution < 1.29 is 4.79 Å². The van der Waals surface area contributed by atoms with E-state index in [4.69, 9.17) is 0 Å². The molecule has 0 aromatic carbocycles. The standard InChI is InChI=1S/C19H27N5O/c1-19(2,3)24-16-7-5-6-14(13(16)11-20-24)21-18(25)17-10-15(12-8-9-12)22-23(17)4/h10-12,14H,5-9H2,1-4H3,(H,21,25). The van der Waals surface area contributed by atoms with E-state index >= 15 is 0 Å². The average molecular weight is 341 g/mol. The molecule has 2 heterocycles. The number of aryl methyl sites for hydroxylation is 1. The highest BCUT2D eigenvalue weighted by Crippen LogP contribution is 2.39. The zero-order chi connectivity index (χ0) is 17.8. The van der Waals surface area contributed by atoms with Crippen molar-refractivity contribution in [2.75, 3.05) is 0 Å². The number of nitrogens with one attached hydrogen (secondary N) is 1. The zero-order valence-corrected chi connectivity index (χ0v) is 15.5. The van der Waals surface area contributed by atoms with E-state index in [1.165, 1.54) is 24.1 Å². The van der Waals surface area contributed by atoms with Crippen molar-refractivity contribution in [1.29, 1.82) is 0 Å². The monoisotopic (exact) mass is 341 g/mol. The second-order valence-electron chi connectivity index (χ2n) is 8.40. The molecule has 1 amide bonds. The molecule has 1 saturated carbocycles. The van der Waals surface area contributed by atoms with Crippen LogP contribution in [-0.2, 0) is 19.0 Å². The van der Waals surface area contributed by atoms with Crippen molar-refractivity contribution in [3.63, 3.8) is 0 Å². The summed E-state index contributed by atoms with van der Waals surface area (Å²) in [5.41, 5.74) is 4.09. The van der Waals surface area contributed by atoms with Crippen LogP contribution in [0.2, 0.25) is 0 Å². The Morgan fingerprint density at radius 3 is 2.72 bits per heavy atom. The molecular weight excluding hydrogens is 314 g/mol. The maximum Gasteiger partial charge on any atom is 0.270 e. The summed E-state index contributed by atoms with van der Waals surface area (Å²) in [5.74, 6) is 0.516. The summed E-state index contributed by atoms with van der Waals surface area (Å²) in [7, 11) is 1.85. The molecule has 2 aromatic rings. The smallest absolute Gasteiger partial charge is 0.270 e. The van der Waals surface area contributed by atoms with Crippen LogP contribution in [0, 0.1) is 0 Å². The van der Waals surface area contributed by atoms with Crippen LogP contribution < -0.4 is 5.32 Å². The number of rotatable bonds is 3. The quantitative estimate of drug-likeness (QED) is 0.933. The van der Waals surface area contributed by atoms with E-state index in [1.807, 2.05) is 19.3 Å². The molecule has 2 aromatic heterocycles. The number of fused-ring (bicyclic) bond motifs is 1. The normalized spacial score (nSPS) is 20.4. The van der Waals surface area contributed by atoms with Gasteiger partial charge in [-0.1, -0.05) is 0 Å². The Kier molecular flexibility index (Phi) is 3.74. The van der Waals surface area contributed by atoms with Gasteiger partial charge in [-0.2, -0.15) is 10.2 Å². The molecule has 25 heavy (non-hydrogen) atoms. The van der Waals surface area contributed by atoms with Crippen molar-refractivity contribution >= 4 is 5.91 Å². The molecule has 0 radical (unpaired) electrons. The third kappa shape index (κ3) is 2.98. The van der Waals surface area contributed by atoms with Crippen LogP contribution in [0.3, 0.4) is 0 Å². The van der Waals surface area contributed by atoms with Crippen LogP contribution in [-0.4, -0.2) is 25.5 Å². The van der Waals surface area contributed by atoms with Crippen molar-refractivity contribution in [3.05, 3.63) is 34.9 Å². The fourth-order valence-electron chi connectivity index (χ4n) is 3.80. The number of nitrogens with zero attached hydrogens (tertiary/aromatic N) is 4. The van der Waals surface area contributed by atoms with Gasteiger partial charge in [-0.25, -0.2) is 0 Å². The molecule has 6 nitrogen and oxygen atoms in total. The van der Waals surface area contributed by atoms with Gasteiger partial charge in [0, 0.05) is 24.2 Å². The molecule has 2 aliphatic rings. The van der Waals surface area contributed by atoms with Crippen LogP contribution in [0.1, 0.15) is 85.9 Å². The van der Waals surface area contributed by atoms with Gasteiger partial charge >= 0.3 is 0 Å². The van der Waals surface area contributed by atoms with Crippen molar-refractivity contribution in [1.82, 2.24) is 24.9 Å². The first-order valence-electron chi connectivity index (χ1n) is 9.26. The van der Waals surface area contributed by atoms with E-state index < -0.39 is 0 Å². The number of hydrogen-bond acceptors (Lipinski definition) is 3. The third-order valence-corrected chi connectivity index (χ3v) is 5.25. The van der Waals surface area contributed by atoms with E-state index in [1.54, 1.807) is 4.68 Å². The summed E-state index contributed by atoms with van der Waals surface area (Å²) in [6, 6.07) is 1.99. The molecule has 1 fully saturated rings. The van der Waals surface area contributed by atoms with Gasteiger partial charge < -0.3 is 5.32 Å². The van der Waals surface area contributed by atoms with Crippen molar-refractivity contribution in [2.45, 2.75) is 70.4 Å². The Labute approximate surface area is 148 Å². The van der Waals surface area contributed by atoms with Gasteiger partial charge in [-0.05, 0) is 58.9 Å². The minimum atomic E-state index is -0.0410. The number of carbonyl (C=O) groups is 1. The maximum atomic E-state index is 12.8. The summed E-state index contributed by atoms with van der Waals surface area (Å²) in [6.45, 7) is 6.49. The van der Waals surface area contributed by atoms with Gasteiger partial charge in [0.05, 0.1) is 23.5 Å². The van der Waals surface area contributed by atoms with E-state index in [0.29, 0.717) is 11.6 Å². The van der Waals surface area contributed by atoms with Crippen LogP contribution in [0.25, 0.3) is 0 Å². The summed E-state index contributed by atoms with van der Waals surface area (Å²) in [6.07, 6.45) is 7.37. The van der Waals surface area contributed by atoms with Gasteiger partial charge in [-0.3, -0.25) is 14.2 Å². The highest BCUT2D eigenvalue weighted by atomic mass is 16.2. The lowest BCUT2D eigenvalue weighted by Crippen LogP contribution is -2.33. The first-order valence-corrected chi connectivity index (χ1v) is 9.26. The Hall–Kier alpha value is -2.11. The lowest BCUT2D eigenvalue weighted by molar-refractivity contribution is 0.0923. The van der Waals surface area contributed by atoms with Crippen LogP contribution in [0.5, 0.6) is 0 Å². The molecule has 0 bridgehead atoms. The topological polar surface area (TPSA) is 64.7 Å². The molecule has 1 N–H and O–H groups in total. The summed E-state index contributed by atoms with van der Waals surface area (Å²) >= 11 is 0. The fourth-order valence-corrected chi connectivity index (χ4v) is 3.80. The minimum absolute atomic E-state index is 0.0339. The molecule has 6 heteroatoms. The summed E-state index contributed by atoms with van der Waals surface area (Å²) < 4.78 is 3.82. The SMILES string of the molecule is Cn1nc(C2CC2)cc1C(=O)NC1CCCc2c1cnn2C(C)(C)C. The second kappa shape index (κ2) is 5.71. The number of carbonyl (C=O) groups excluding carboxylic acids is 1. The van der Waals surface area contributed by atoms with E-state index in [0.717, 1.165) is 25.0 Å². The first kappa shape index (κ1) is 16.4. The average Bonchev–Trinajstić information content (AvgIpc) is 3.16. The van der Waals surface area contributed by atoms with E-state index in [-0.39, 0.29) is 17.5 Å². The highest BCUT2D eigenvalue weighted by molar-refractivity contribution is 5.93. The number of amides is 1. The van der Waals surface area contributed by atoms with Crippen LogP contribution in [0.15, 0.2) is 12.3 Å². The maximum absolute atomic E-state index is 12.8. The van der Waals surface area contributed by atoms with Crippen LogP contribution >= 0.6 is 0 Å². The summed E-state index contributed by atoms with van der Waals surface area (Å²) in [4.78, 5) is 12.8. The van der Waals surface area contributed by atoms with E-state index in [9.17, 15) is 4.79 Å². The fraction of sp³-hybridized carbons (Fsp3) is 0.632. The summed E-state index contributed by atoms with van der Waals surface area (Å²) in [5, 5.41) is 12.3. The van der Waals surface area contributed by atoms with Gasteiger partial charge in [-0.15, -0.1) is 0 Å². The molecule has 1 atom stereocenters. The molecule has 0 spiro atoms. The van der Waals surface area contributed by atoms with Gasteiger partial charge in [0.15, 0.2) is 0 Å². The molecule has 4 rings (SSSR count). The largest absolute Gasteiger partial charge is 0.344 e. The number of aromatic nitrogens is 4. The molecule has 0 saturated heterocycles. The second-order valence-corrected chi connectivity index (χ2v) is 8.40. The van der Waals surface area contributed by atoms with E-state index in [2.05, 4.69) is 41.0 Å². The lowest BCUT2D eigenvalue weighted by Gasteiger charge is -2.28. The van der Waals surface area contributed by atoms with Gasteiger partial charge in [0.25, 0.3) is 5.91 Å². The van der Waals surface area contributed by atoms with Gasteiger partial charge in [0.2, 0.25) is 0 Å². The molecule has 2 aliphatic carbocycles. The minimum Gasteiger partial charge on any atom is -0.344 e. The Morgan fingerprint density at radius 1 is 1.28 bits per heavy atom. The Bertz CT molecular complexity index is 806. The van der Waals surface area contributed by atoms with Crippen LogP contribution in [0.4, 0.5) is 0 Å².